The zero-order valence-electron chi connectivity index (χ0n) is 11.2. The molecule has 2 N–H and O–H groups in total. The Balaban J connectivity index is 0.00000180. The first kappa shape index (κ1) is 20.1. The summed E-state index contributed by atoms with van der Waals surface area (Å²) in [6.45, 7) is 5.95. The average Bonchev–Trinajstić information content (AvgIpc) is 2.40. The van der Waals surface area contributed by atoms with Crippen LogP contribution in [-0.2, 0) is 0 Å². The van der Waals surface area contributed by atoms with Crippen molar-refractivity contribution in [3.8, 4) is 0 Å². The number of rotatable bonds is 4. The number of nitrogens with two attached hydrogens (primary N) is 1. The van der Waals surface area contributed by atoms with Crippen LogP contribution in [0.2, 0.25) is 10.0 Å². The fourth-order valence-electron chi connectivity index (χ4n) is 2.26. The molecule has 0 aromatic heterocycles. The van der Waals surface area contributed by atoms with Crippen LogP contribution in [-0.4, -0.2) is 44.2 Å². The summed E-state index contributed by atoms with van der Waals surface area (Å²) in [6, 6.07) is 5.80. The summed E-state index contributed by atoms with van der Waals surface area (Å²) in [4.78, 5) is 4.75. The topological polar surface area (TPSA) is 32.5 Å². The molecule has 1 fully saturated rings. The molecular formula is C13H21Cl4N3. The minimum Gasteiger partial charge on any atom is -0.368 e. The second kappa shape index (κ2) is 9.93. The number of nitrogens with zero attached hydrogens (tertiary/aromatic N) is 2. The highest BCUT2D eigenvalue weighted by atomic mass is 35.5. The molecule has 20 heavy (non-hydrogen) atoms. The van der Waals surface area contributed by atoms with E-state index >= 15 is 0 Å². The predicted molar refractivity (Wildman–Crippen MR) is 93.3 cm³/mol. The van der Waals surface area contributed by atoms with Crippen LogP contribution in [0.1, 0.15) is 6.42 Å². The van der Waals surface area contributed by atoms with Gasteiger partial charge in [-0.2, -0.15) is 0 Å². The van der Waals surface area contributed by atoms with Gasteiger partial charge < -0.3 is 10.6 Å². The third kappa shape index (κ3) is 5.14. The van der Waals surface area contributed by atoms with Crippen molar-refractivity contribution in [2.75, 3.05) is 44.2 Å². The lowest BCUT2D eigenvalue weighted by atomic mass is 10.2. The van der Waals surface area contributed by atoms with Crippen LogP contribution in [0.25, 0.3) is 0 Å². The number of hydrogen-bond acceptors (Lipinski definition) is 3. The standard InChI is InChI=1S/C13H19Cl2N3.2ClH/c14-11-3-1-4-12(13(11)15)18-9-7-17(8-10-18)6-2-5-16;;/h1,3-4H,2,5-10,16H2;2*1H. The molecule has 3 nitrogen and oxygen atoms in total. The Hall–Kier alpha value is 0.1000. The first-order valence-corrected chi connectivity index (χ1v) is 7.09. The molecule has 7 heteroatoms. The monoisotopic (exact) mass is 359 g/mol. The highest BCUT2D eigenvalue weighted by Crippen LogP contribution is 2.32. The second-order valence-electron chi connectivity index (χ2n) is 4.54. The largest absolute Gasteiger partial charge is 0.368 e. The summed E-state index contributed by atoms with van der Waals surface area (Å²) in [5.74, 6) is 0. The number of benzene rings is 1. The molecule has 0 spiro atoms. The van der Waals surface area contributed by atoms with Crippen LogP contribution in [0.4, 0.5) is 5.69 Å². The van der Waals surface area contributed by atoms with Gasteiger partial charge in [-0.25, -0.2) is 0 Å². The summed E-state index contributed by atoms with van der Waals surface area (Å²) in [5, 5.41) is 1.29. The van der Waals surface area contributed by atoms with Crippen molar-refractivity contribution in [1.82, 2.24) is 4.90 Å². The van der Waals surface area contributed by atoms with Crippen LogP contribution in [0.15, 0.2) is 18.2 Å². The molecule has 0 amide bonds. The first-order valence-electron chi connectivity index (χ1n) is 6.33. The molecule has 2 rings (SSSR count). The maximum atomic E-state index is 6.24. The van der Waals surface area contributed by atoms with E-state index in [-0.39, 0.29) is 24.8 Å². The minimum absolute atomic E-state index is 0. The number of hydrogen-bond donors (Lipinski definition) is 1. The van der Waals surface area contributed by atoms with Crippen LogP contribution in [0.3, 0.4) is 0 Å². The van der Waals surface area contributed by atoms with Crippen LogP contribution in [0, 0.1) is 0 Å². The number of piperazine rings is 1. The molecule has 1 aliphatic heterocycles. The van der Waals surface area contributed by atoms with E-state index in [0.29, 0.717) is 10.0 Å². The summed E-state index contributed by atoms with van der Waals surface area (Å²) >= 11 is 12.3. The van der Waals surface area contributed by atoms with Crippen LogP contribution >= 0.6 is 48.0 Å². The highest BCUT2D eigenvalue weighted by molar-refractivity contribution is 6.43. The van der Waals surface area contributed by atoms with Crippen molar-refractivity contribution in [1.29, 1.82) is 0 Å². The maximum absolute atomic E-state index is 6.24. The van der Waals surface area contributed by atoms with Gasteiger partial charge in [0.15, 0.2) is 0 Å². The first-order chi connectivity index (χ1) is 8.72. The lowest BCUT2D eigenvalue weighted by Crippen LogP contribution is -2.47. The molecule has 0 bridgehead atoms. The van der Waals surface area contributed by atoms with E-state index in [2.05, 4.69) is 9.80 Å². The molecular weight excluding hydrogens is 340 g/mol. The molecule has 1 aromatic rings. The van der Waals surface area contributed by atoms with Gasteiger partial charge in [0, 0.05) is 26.2 Å². The molecule has 116 valence electrons. The normalized spacial score (nSPS) is 15.4. The molecule has 0 atom stereocenters. The van der Waals surface area contributed by atoms with Crippen LogP contribution in [0.5, 0.6) is 0 Å². The van der Waals surface area contributed by atoms with E-state index < -0.39 is 0 Å². The lowest BCUT2D eigenvalue weighted by Gasteiger charge is -2.36. The average molecular weight is 361 g/mol. The quantitative estimate of drug-likeness (QED) is 0.893. The summed E-state index contributed by atoms with van der Waals surface area (Å²) in [6.07, 6.45) is 1.07. The highest BCUT2D eigenvalue weighted by Gasteiger charge is 2.19. The van der Waals surface area contributed by atoms with Gasteiger partial charge in [0.2, 0.25) is 0 Å². The van der Waals surface area contributed by atoms with E-state index in [9.17, 15) is 0 Å². The molecule has 1 saturated heterocycles. The Morgan fingerprint density at radius 1 is 1.05 bits per heavy atom. The Labute approximate surface area is 143 Å². The summed E-state index contributed by atoms with van der Waals surface area (Å²) < 4.78 is 0. The SMILES string of the molecule is Cl.Cl.NCCCN1CCN(c2cccc(Cl)c2Cl)CC1. The second-order valence-corrected chi connectivity index (χ2v) is 5.33. The van der Waals surface area contributed by atoms with Gasteiger partial charge in [-0.1, -0.05) is 29.3 Å². The summed E-state index contributed by atoms with van der Waals surface area (Å²) in [7, 11) is 0. The number of halogens is 4. The van der Waals surface area contributed by atoms with Gasteiger partial charge in [0.25, 0.3) is 0 Å². The van der Waals surface area contributed by atoms with E-state index in [1.165, 1.54) is 0 Å². The van der Waals surface area contributed by atoms with Gasteiger partial charge in [-0.05, 0) is 31.6 Å². The van der Waals surface area contributed by atoms with E-state index in [4.69, 9.17) is 28.9 Å². The molecule has 0 aliphatic carbocycles. The van der Waals surface area contributed by atoms with Gasteiger partial charge in [0.1, 0.15) is 0 Å². The number of anilines is 1. The predicted octanol–water partition coefficient (Wildman–Crippen LogP) is 3.31. The molecule has 1 aliphatic rings. The van der Waals surface area contributed by atoms with Crippen molar-refractivity contribution in [3.05, 3.63) is 28.2 Å². The molecule has 0 radical (unpaired) electrons. The maximum Gasteiger partial charge on any atom is 0.0825 e. The Kier molecular flexibility index (Phi) is 9.98. The third-order valence-electron chi connectivity index (χ3n) is 3.32. The third-order valence-corrected chi connectivity index (χ3v) is 4.13. The van der Waals surface area contributed by atoms with Crippen LogP contribution < -0.4 is 10.6 Å². The van der Waals surface area contributed by atoms with Crippen molar-refractivity contribution < 1.29 is 0 Å². The summed E-state index contributed by atoms with van der Waals surface area (Å²) in [5.41, 5.74) is 6.58. The Bertz CT molecular complexity index is 395. The van der Waals surface area contributed by atoms with Gasteiger partial charge >= 0.3 is 0 Å². The molecule has 0 unspecified atom stereocenters. The minimum atomic E-state index is 0. The fourth-order valence-corrected chi connectivity index (χ4v) is 2.68. The van der Waals surface area contributed by atoms with E-state index in [0.717, 1.165) is 51.4 Å². The van der Waals surface area contributed by atoms with Gasteiger partial charge in [-0.15, -0.1) is 24.8 Å². The zero-order chi connectivity index (χ0) is 13.0. The Morgan fingerprint density at radius 2 is 1.70 bits per heavy atom. The smallest absolute Gasteiger partial charge is 0.0825 e. The fraction of sp³-hybridized carbons (Fsp3) is 0.538. The van der Waals surface area contributed by atoms with E-state index in [1.54, 1.807) is 0 Å². The van der Waals surface area contributed by atoms with Gasteiger partial charge in [-0.3, -0.25) is 4.90 Å². The zero-order valence-corrected chi connectivity index (χ0v) is 14.4. The molecule has 1 heterocycles. The van der Waals surface area contributed by atoms with Gasteiger partial charge in [0.05, 0.1) is 15.7 Å². The van der Waals surface area contributed by atoms with Crippen molar-refractivity contribution in [3.63, 3.8) is 0 Å². The van der Waals surface area contributed by atoms with Crippen molar-refractivity contribution in [2.24, 2.45) is 5.73 Å². The molecule has 0 saturated carbocycles. The Morgan fingerprint density at radius 3 is 2.30 bits per heavy atom. The van der Waals surface area contributed by atoms with Crippen molar-refractivity contribution >= 4 is 53.7 Å². The molecule has 1 aromatic carbocycles. The lowest BCUT2D eigenvalue weighted by molar-refractivity contribution is 0.256. The van der Waals surface area contributed by atoms with Crippen molar-refractivity contribution in [2.45, 2.75) is 6.42 Å². The van der Waals surface area contributed by atoms with E-state index in [1.807, 2.05) is 18.2 Å².